The molecule has 0 fully saturated rings. The molecule has 4 heterocycles. The average molecular weight is 619 g/mol. The molecule has 226 valence electrons. The summed E-state index contributed by atoms with van der Waals surface area (Å²) in [7, 11) is 0. The zero-order chi connectivity index (χ0) is 31.9. The largest absolute Gasteiger partial charge is 0.451 e. The highest BCUT2D eigenvalue weighted by Gasteiger charge is 2.19. The Bertz CT molecular complexity index is 2560. The van der Waals surface area contributed by atoms with Crippen molar-refractivity contribution >= 4 is 21.5 Å². The first-order valence-corrected chi connectivity index (χ1v) is 15.6. The van der Waals surface area contributed by atoms with Crippen molar-refractivity contribution in [2.75, 3.05) is 0 Å². The molecule has 0 aliphatic heterocycles. The Hall–Kier alpha value is -6.66. The summed E-state index contributed by atoms with van der Waals surface area (Å²) in [6.45, 7) is 0. The average Bonchev–Trinajstić information content (AvgIpc) is 3.90. The van der Waals surface area contributed by atoms with Crippen molar-refractivity contribution in [2.24, 2.45) is 0 Å². The van der Waals surface area contributed by atoms with Crippen LogP contribution in [0.15, 0.2) is 168 Å². The lowest BCUT2D eigenvalue weighted by Crippen LogP contribution is -1.94. The minimum Gasteiger partial charge on any atom is -0.451 e. The van der Waals surface area contributed by atoms with Gasteiger partial charge in [-0.3, -0.25) is 9.97 Å². The Morgan fingerprint density at radius 2 is 0.854 bits per heavy atom. The van der Waals surface area contributed by atoms with Gasteiger partial charge in [-0.05, 0) is 102 Å². The highest BCUT2D eigenvalue weighted by Crippen LogP contribution is 2.45. The molecule has 0 N–H and O–H groups in total. The topological polar surface area (TPSA) is 77.8 Å². The van der Waals surface area contributed by atoms with Gasteiger partial charge in [-0.2, -0.15) is 0 Å². The molecular weight excluding hydrogens is 592 g/mol. The van der Waals surface area contributed by atoms with Crippen LogP contribution in [0.25, 0.3) is 88.8 Å². The molecule has 0 unspecified atom stereocenters. The summed E-state index contributed by atoms with van der Waals surface area (Å²) in [5, 5.41) is 4.52. The van der Waals surface area contributed by atoms with E-state index in [1.165, 1.54) is 23.9 Å². The molecule has 9 aromatic rings. The highest BCUT2D eigenvalue weighted by molar-refractivity contribution is 6.22. The molecule has 0 aliphatic carbocycles. The molecule has 4 aromatic heterocycles. The van der Waals surface area contributed by atoms with E-state index in [9.17, 15) is 0 Å². The lowest BCUT2D eigenvalue weighted by atomic mass is 9.84. The number of rotatable bonds is 6. The molecular formula is C42H26N4O2. The SMILES string of the molecule is c1ccc(-c2cccc(-c3ccc4c(-c5ccnc(-c6cocn6)c5)c5ccccc5c(-c5ccnc(-c6cocn6)c5)c4c3)c2)cc1. The maximum absolute atomic E-state index is 5.30. The van der Waals surface area contributed by atoms with E-state index in [1.807, 2.05) is 18.5 Å². The fourth-order valence-electron chi connectivity index (χ4n) is 6.62. The fourth-order valence-corrected chi connectivity index (χ4v) is 6.62. The van der Waals surface area contributed by atoms with Crippen LogP contribution in [0, 0.1) is 0 Å². The van der Waals surface area contributed by atoms with Crippen LogP contribution < -0.4 is 0 Å². The predicted molar refractivity (Wildman–Crippen MR) is 190 cm³/mol. The Balaban J connectivity index is 1.33. The second-order valence-corrected chi connectivity index (χ2v) is 11.6. The molecule has 0 atom stereocenters. The molecule has 0 bridgehead atoms. The smallest absolute Gasteiger partial charge is 0.181 e. The lowest BCUT2D eigenvalue weighted by molar-refractivity contribution is 0.558. The van der Waals surface area contributed by atoms with Gasteiger partial charge in [0.1, 0.15) is 23.9 Å². The number of pyridine rings is 2. The van der Waals surface area contributed by atoms with E-state index in [1.54, 1.807) is 12.5 Å². The van der Waals surface area contributed by atoms with Crippen LogP contribution in [0.4, 0.5) is 0 Å². The van der Waals surface area contributed by atoms with E-state index in [4.69, 9.17) is 8.83 Å². The zero-order valence-corrected chi connectivity index (χ0v) is 25.6. The molecule has 0 amide bonds. The predicted octanol–water partition coefficient (Wildman–Crippen LogP) is 10.8. The van der Waals surface area contributed by atoms with E-state index >= 15 is 0 Å². The normalized spacial score (nSPS) is 11.3. The van der Waals surface area contributed by atoms with Crippen LogP contribution in [0.2, 0.25) is 0 Å². The van der Waals surface area contributed by atoms with Crippen molar-refractivity contribution in [1.29, 1.82) is 0 Å². The fraction of sp³-hybridized carbons (Fsp3) is 0. The Morgan fingerprint density at radius 3 is 1.46 bits per heavy atom. The van der Waals surface area contributed by atoms with Crippen LogP contribution >= 0.6 is 0 Å². The molecule has 48 heavy (non-hydrogen) atoms. The van der Waals surface area contributed by atoms with Crippen LogP contribution in [-0.2, 0) is 0 Å². The Morgan fingerprint density at radius 1 is 0.333 bits per heavy atom. The maximum Gasteiger partial charge on any atom is 0.181 e. The van der Waals surface area contributed by atoms with Gasteiger partial charge in [0, 0.05) is 12.4 Å². The minimum atomic E-state index is 0.692. The van der Waals surface area contributed by atoms with Crippen molar-refractivity contribution < 1.29 is 8.83 Å². The van der Waals surface area contributed by atoms with Gasteiger partial charge in [-0.25, -0.2) is 9.97 Å². The number of oxazole rings is 2. The molecule has 0 radical (unpaired) electrons. The molecule has 0 saturated carbocycles. The van der Waals surface area contributed by atoms with Crippen LogP contribution in [-0.4, -0.2) is 19.9 Å². The third-order valence-corrected chi connectivity index (χ3v) is 8.81. The summed E-state index contributed by atoms with van der Waals surface area (Å²) in [6, 6.07) is 42.9. The molecule has 6 heteroatoms. The molecule has 9 rings (SSSR count). The summed E-state index contributed by atoms with van der Waals surface area (Å²) >= 11 is 0. The second-order valence-electron chi connectivity index (χ2n) is 11.6. The number of benzene rings is 5. The van der Waals surface area contributed by atoms with Gasteiger partial charge in [0.2, 0.25) is 0 Å². The van der Waals surface area contributed by atoms with Crippen LogP contribution in [0.5, 0.6) is 0 Å². The molecule has 0 spiro atoms. The number of nitrogens with zero attached hydrogens (tertiary/aromatic N) is 4. The van der Waals surface area contributed by atoms with Gasteiger partial charge in [0.25, 0.3) is 0 Å². The summed E-state index contributed by atoms with van der Waals surface area (Å²) in [4.78, 5) is 18.0. The molecule has 0 aliphatic rings. The summed E-state index contributed by atoms with van der Waals surface area (Å²) in [5.41, 5.74) is 11.9. The number of fused-ring (bicyclic) bond motifs is 2. The Labute approximate surface area is 276 Å². The van der Waals surface area contributed by atoms with Crippen molar-refractivity contribution in [3.8, 4) is 67.3 Å². The Kier molecular flexibility index (Phi) is 6.68. The van der Waals surface area contributed by atoms with Crippen molar-refractivity contribution in [3.05, 3.63) is 159 Å². The van der Waals surface area contributed by atoms with Gasteiger partial charge in [-0.15, -0.1) is 0 Å². The van der Waals surface area contributed by atoms with Gasteiger partial charge in [0.05, 0.1) is 11.4 Å². The minimum absolute atomic E-state index is 0.692. The highest BCUT2D eigenvalue weighted by atomic mass is 16.3. The third-order valence-electron chi connectivity index (χ3n) is 8.81. The van der Waals surface area contributed by atoms with Crippen LogP contribution in [0.3, 0.4) is 0 Å². The molecule has 6 nitrogen and oxygen atoms in total. The zero-order valence-electron chi connectivity index (χ0n) is 25.6. The van der Waals surface area contributed by atoms with Gasteiger partial charge in [-0.1, -0.05) is 84.9 Å². The summed E-state index contributed by atoms with van der Waals surface area (Å²) < 4.78 is 10.6. The quantitative estimate of drug-likeness (QED) is 0.173. The van der Waals surface area contributed by atoms with Crippen molar-refractivity contribution in [2.45, 2.75) is 0 Å². The first kappa shape index (κ1) is 27.6. The number of hydrogen-bond acceptors (Lipinski definition) is 6. The maximum atomic E-state index is 5.30. The standard InChI is InChI=1S/C42H26N4O2/c1-2-7-27(8-3-1)28-9-6-10-29(19-28)30-13-14-35-36(20-30)42(32-16-18-44-38(22-32)40-24-48-26-46-40)34-12-5-4-11-33(34)41(35)31-15-17-43-37(21-31)39-23-47-25-45-39/h1-26H. The lowest BCUT2D eigenvalue weighted by Gasteiger charge is -2.19. The second kappa shape index (κ2) is 11.6. The third kappa shape index (κ3) is 4.84. The summed E-state index contributed by atoms with van der Waals surface area (Å²) in [6.07, 6.45) is 9.79. The van der Waals surface area contributed by atoms with Crippen molar-refractivity contribution in [3.63, 3.8) is 0 Å². The molecule has 5 aromatic carbocycles. The van der Waals surface area contributed by atoms with E-state index in [0.717, 1.165) is 66.3 Å². The van der Waals surface area contributed by atoms with Gasteiger partial charge >= 0.3 is 0 Å². The van der Waals surface area contributed by atoms with Crippen LogP contribution in [0.1, 0.15) is 0 Å². The van der Waals surface area contributed by atoms with E-state index in [2.05, 4.69) is 135 Å². The van der Waals surface area contributed by atoms with E-state index in [-0.39, 0.29) is 0 Å². The summed E-state index contributed by atoms with van der Waals surface area (Å²) in [5.74, 6) is 0. The first-order chi connectivity index (χ1) is 23.8. The van der Waals surface area contributed by atoms with E-state index < -0.39 is 0 Å². The number of hydrogen-bond donors (Lipinski definition) is 0. The number of aromatic nitrogens is 4. The molecule has 0 saturated heterocycles. The van der Waals surface area contributed by atoms with Crippen molar-refractivity contribution in [1.82, 2.24) is 19.9 Å². The van der Waals surface area contributed by atoms with E-state index in [0.29, 0.717) is 11.4 Å². The van der Waals surface area contributed by atoms with Gasteiger partial charge in [0.15, 0.2) is 12.8 Å². The first-order valence-electron chi connectivity index (χ1n) is 15.6. The monoisotopic (exact) mass is 618 g/mol. The van der Waals surface area contributed by atoms with Gasteiger partial charge < -0.3 is 8.83 Å².